The summed E-state index contributed by atoms with van der Waals surface area (Å²) < 4.78 is 0. The topological polar surface area (TPSA) is 36.4 Å². The van der Waals surface area contributed by atoms with Crippen LogP contribution in [0.15, 0.2) is 35.3 Å². The van der Waals surface area contributed by atoms with Gasteiger partial charge in [-0.15, -0.1) is 0 Å². The molecular weight excluding hydrogens is 246 g/mol. The molecule has 1 aromatic carbocycles. The Labute approximate surface area is 123 Å². The monoisotopic (exact) mass is 275 g/mol. The molecule has 0 unspecified atom stereocenters. The van der Waals surface area contributed by atoms with E-state index in [-0.39, 0.29) is 11.0 Å². The number of nitrogens with one attached hydrogen (secondary N) is 2. The molecule has 0 saturated heterocycles. The number of nitrogens with zero attached hydrogens (tertiary/aromatic N) is 1. The maximum Gasteiger partial charge on any atom is 0.191 e. The lowest BCUT2D eigenvalue weighted by Gasteiger charge is -2.27. The summed E-state index contributed by atoms with van der Waals surface area (Å²) in [6.45, 7) is 14.6. The van der Waals surface area contributed by atoms with Gasteiger partial charge in [-0.05, 0) is 33.3 Å². The SMILES string of the molecule is CCNC(=NCC(C)(C)c1ccccc1)NC(C)(C)C. The van der Waals surface area contributed by atoms with E-state index >= 15 is 0 Å². The molecule has 112 valence electrons. The standard InChI is InChI=1S/C17H29N3/c1-7-18-15(20-16(2,3)4)19-13-17(5,6)14-11-9-8-10-12-14/h8-12H,7,13H2,1-6H3,(H2,18,19,20). The number of guanidine groups is 1. The molecule has 0 aromatic heterocycles. The average Bonchev–Trinajstić information content (AvgIpc) is 2.36. The van der Waals surface area contributed by atoms with Crippen molar-refractivity contribution in [3.8, 4) is 0 Å². The first-order chi connectivity index (χ1) is 9.24. The van der Waals surface area contributed by atoms with Crippen molar-refractivity contribution < 1.29 is 0 Å². The van der Waals surface area contributed by atoms with Gasteiger partial charge >= 0.3 is 0 Å². The van der Waals surface area contributed by atoms with Crippen LogP contribution in [-0.2, 0) is 5.41 Å². The number of aliphatic imine (C=N–C) groups is 1. The molecule has 0 saturated carbocycles. The molecule has 0 heterocycles. The van der Waals surface area contributed by atoms with Crippen LogP contribution in [0.2, 0.25) is 0 Å². The van der Waals surface area contributed by atoms with E-state index in [4.69, 9.17) is 4.99 Å². The Kier molecular flexibility index (Phi) is 5.61. The van der Waals surface area contributed by atoms with Gasteiger partial charge < -0.3 is 10.6 Å². The maximum atomic E-state index is 4.74. The van der Waals surface area contributed by atoms with Crippen LogP contribution < -0.4 is 10.6 Å². The molecule has 0 atom stereocenters. The van der Waals surface area contributed by atoms with Crippen molar-refractivity contribution in [1.82, 2.24) is 10.6 Å². The third-order valence-corrected chi connectivity index (χ3v) is 3.03. The lowest BCUT2D eigenvalue weighted by molar-refractivity contribution is 0.493. The normalized spacial score (nSPS) is 13.2. The van der Waals surface area contributed by atoms with E-state index in [0.717, 1.165) is 19.0 Å². The highest BCUT2D eigenvalue weighted by molar-refractivity contribution is 5.80. The molecule has 3 nitrogen and oxygen atoms in total. The molecule has 1 aromatic rings. The van der Waals surface area contributed by atoms with Crippen LogP contribution in [0, 0.1) is 0 Å². The zero-order valence-electron chi connectivity index (χ0n) is 13.7. The van der Waals surface area contributed by atoms with Gasteiger partial charge in [-0.3, -0.25) is 4.99 Å². The van der Waals surface area contributed by atoms with Crippen molar-refractivity contribution in [2.24, 2.45) is 4.99 Å². The minimum Gasteiger partial charge on any atom is -0.357 e. The predicted molar refractivity (Wildman–Crippen MR) is 88.3 cm³/mol. The number of hydrogen-bond acceptors (Lipinski definition) is 1. The van der Waals surface area contributed by atoms with Crippen molar-refractivity contribution in [3.05, 3.63) is 35.9 Å². The van der Waals surface area contributed by atoms with Crippen molar-refractivity contribution in [3.63, 3.8) is 0 Å². The zero-order chi connectivity index (χ0) is 15.2. The molecule has 0 bridgehead atoms. The first kappa shape index (κ1) is 16.5. The fourth-order valence-corrected chi connectivity index (χ4v) is 1.92. The Morgan fingerprint density at radius 1 is 1.05 bits per heavy atom. The maximum absolute atomic E-state index is 4.74. The second-order valence-corrected chi connectivity index (χ2v) is 6.82. The smallest absolute Gasteiger partial charge is 0.191 e. The van der Waals surface area contributed by atoms with Gasteiger partial charge in [0.2, 0.25) is 0 Å². The summed E-state index contributed by atoms with van der Waals surface area (Å²) in [5.41, 5.74) is 1.36. The van der Waals surface area contributed by atoms with Gasteiger partial charge in [0, 0.05) is 17.5 Å². The fraction of sp³-hybridized carbons (Fsp3) is 0.588. The van der Waals surface area contributed by atoms with E-state index in [9.17, 15) is 0 Å². The van der Waals surface area contributed by atoms with Crippen LogP contribution in [0.1, 0.15) is 47.1 Å². The summed E-state index contributed by atoms with van der Waals surface area (Å²) in [5, 5.41) is 6.72. The first-order valence-electron chi connectivity index (χ1n) is 7.36. The van der Waals surface area contributed by atoms with Crippen LogP contribution in [-0.4, -0.2) is 24.6 Å². The molecule has 0 amide bonds. The Morgan fingerprint density at radius 3 is 2.15 bits per heavy atom. The second-order valence-electron chi connectivity index (χ2n) is 6.82. The molecule has 3 heteroatoms. The van der Waals surface area contributed by atoms with E-state index in [2.05, 4.69) is 76.4 Å². The van der Waals surface area contributed by atoms with Gasteiger partial charge in [0.25, 0.3) is 0 Å². The average molecular weight is 275 g/mol. The molecule has 0 spiro atoms. The van der Waals surface area contributed by atoms with Gasteiger partial charge in [-0.25, -0.2) is 0 Å². The van der Waals surface area contributed by atoms with Crippen molar-refractivity contribution >= 4 is 5.96 Å². The van der Waals surface area contributed by atoms with Gasteiger partial charge in [0.15, 0.2) is 5.96 Å². The van der Waals surface area contributed by atoms with Crippen LogP contribution in [0.4, 0.5) is 0 Å². The van der Waals surface area contributed by atoms with Gasteiger partial charge in [0.1, 0.15) is 0 Å². The van der Waals surface area contributed by atoms with E-state index in [1.807, 2.05) is 6.07 Å². The highest BCUT2D eigenvalue weighted by atomic mass is 15.2. The Balaban J connectivity index is 2.80. The molecular formula is C17H29N3. The van der Waals surface area contributed by atoms with Crippen LogP contribution >= 0.6 is 0 Å². The summed E-state index contributed by atoms with van der Waals surface area (Å²) in [6.07, 6.45) is 0. The highest BCUT2D eigenvalue weighted by Gasteiger charge is 2.20. The van der Waals surface area contributed by atoms with Crippen molar-refractivity contribution in [2.45, 2.75) is 52.5 Å². The molecule has 2 N–H and O–H groups in total. The van der Waals surface area contributed by atoms with Gasteiger partial charge in [-0.2, -0.15) is 0 Å². The van der Waals surface area contributed by atoms with Crippen molar-refractivity contribution in [1.29, 1.82) is 0 Å². The van der Waals surface area contributed by atoms with E-state index < -0.39 is 0 Å². The fourth-order valence-electron chi connectivity index (χ4n) is 1.92. The lowest BCUT2D eigenvalue weighted by Crippen LogP contribution is -2.48. The van der Waals surface area contributed by atoms with Crippen LogP contribution in [0.3, 0.4) is 0 Å². The minimum atomic E-state index is 0.0118. The van der Waals surface area contributed by atoms with Crippen LogP contribution in [0.25, 0.3) is 0 Å². The summed E-state index contributed by atoms with van der Waals surface area (Å²) >= 11 is 0. The molecule has 0 aliphatic heterocycles. The quantitative estimate of drug-likeness (QED) is 0.653. The van der Waals surface area contributed by atoms with E-state index in [1.165, 1.54) is 5.56 Å². The summed E-state index contributed by atoms with van der Waals surface area (Å²) in [6, 6.07) is 10.5. The van der Waals surface area contributed by atoms with E-state index in [0.29, 0.717) is 0 Å². The summed E-state index contributed by atoms with van der Waals surface area (Å²) in [7, 11) is 0. The number of rotatable bonds is 4. The molecule has 0 aliphatic rings. The van der Waals surface area contributed by atoms with Gasteiger partial charge in [-0.1, -0.05) is 44.2 Å². The third kappa shape index (κ3) is 5.64. The summed E-state index contributed by atoms with van der Waals surface area (Å²) in [5.74, 6) is 0.879. The predicted octanol–water partition coefficient (Wildman–Crippen LogP) is 3.32. The third-order valence-electron chi connectivity index (χ3n) is 3.03. The molecule has 0 radical (unpaired) electrons. The lowest BCUT2D eigenvalue weighted by atomic mass is 9.85. The molecule has 1 rings (SSSR count). The second kappa shape index (κ2) is 6.78. The van der Waals surface area contributed by atoms with E-state index in [1.54, 1.807) is 0 Å². The Hall–Kier alpha value is -1.51. The zero-order valence-corrected chi connectivity index (χ0v) is 13.7. The first-order valence-corrected chi connectivity index (χ1v) is 7.36. The summed E-state index contributed by atoms with van der Waals surface area (Å²) in [4.78, 5) is 4.74. The highest BCUT2D eigenvalue weighted by Crippen LogP contribution is 2.22. The Bertz CT molecular complexity index is 427. The Morgan fingerprint density at radius 2 is 1.65 bits per heavy atom. The molecule has 20 heavy (non-hydrogen) atoms. The van der Waals surface area contributed by atoms with Crippen LogP contribution in [0.5, 0.6) is 0 Å². The largest absolute Gasteiger partial charge is 0.357 e. The van der Waals surface area contributed by atoms with Gasteiger partial charge in [0.05, 0.1) is 6.54 Å². The number of benzene rings is 1. The molecule has 0 aliphatic carbocycles. The number of hydrogen-bond donors (Lipinski definition) is 2. The molecule has 0 fully saturated rings. The minimum absolute atomic E-state index is 0.0118. The van der Waals surface area contributed by atoms with Crippen molar-refractivity contribution in [2.75, 3.05) is 13.1 Å².